The third-order valence-corrected chi connectivity index (χ3v) is 5.98. The minimum absolute atomic E-state index is 0.0190. The van der Waals surface area contributed by atoms with E-state index in [1.807, 2.05) is 96.3 Å². The predicted octanol–water partition coefficient (Wildman–Crippen LogP) is 3.35. The molecule has 0 spiro atoms. The van der Waals surface area contributed by atoms with Gasteiger partial charge in [-0.25, -0.2) is 9.36 Å². The van der Waals surface area contributed by atoms with Gasteiger partial charge in [0.1, 0.15) is 6.04 Å². The summed E-state index contributed by atoms with van der Waals surface area (Å²) in [4.78, 5) is 15.3. The summed E-state index contributed by atoms with van der Waals surface area (Å²) in [6.45, 7) is 6.06. The fourth-order valence-corrected chi connectivity index (χ4v) is 4.47. The fourth-order valence-electron chi connectivity index (χ4n) is 4.47. The van der Waals surface area contributed by atoms with Gasteiger partial charge in [-0.2, -0.15) is 10.2 Å². The van der Waals surface area contributed by atoms with Crippen LogP contribution in [0.15, 0.2) is 73.1 Å². The molecule has 1 aliphatic rings. The van der Waals surface area contributed by atoms with Crippen LogP contribution in [0.1, 0.15) is 28.6 Å². The summed E-state index contributed by atoms with van der Waals surface area (Å²) in [6, 6.07) is 19.7. The molecule has 1 saturated heterocycles. The van der Waals surface area contributed by atoms with Gasteiger partial charge in [0, 0.05) is 42.7 Å². The van der Waals surface area contributed by atoms with Gasteiger partial charge in [0.25, 0.3) is 0 Å². The highest BCUT2D eigenvalue weighted by Crippen LogP contribution is 2.31. The van der Waals surface area contributed by atoms with Crippen molar-refractivity contribution in [2.45, 2.75) is 26.4 Å². The Hall–Kier alpha value is -3.71. The number of hydrogen-bond donors (Lipinski definition) is 1. The third-order valence-electron chi connectivity index (χ3n) is 5.98. The summed E-state index contributed by atoms with van der Waals surface area (Å²) in [5.41, 5.74) is 5.91. The first-order valence-corrected chi connectivity index (χ1v) is 10.8. The highest BCUT2D eigenvalue weighted by atomic mass is 16.2. The van der Waals surface area contributed by atoms with E-state index in [0.717, 1.165) is 40.4 Å². The highest BCUT2D eigenvalue weighted by molar-refractivity contribution is 5.84. The molecule has 5 rings (SSSR count). The summed E-state index contributed by atoms with van der Waals surface area (Å²) < 4.78 is 3.80. The number of carbonyl (C=O) groups is 1. The summed E-state index contributed by atoms with van der Waals surface area (Å²) >= 11 is 0. The van der Waals surface area contributed by atoms with Gasteiger partial charge in [-0.15, -0.1) is 0 Å². The average Bonchev–Trinajstić information content (AvgIpc) is 3.40. The summed E-state index contributed by atoms with van der Waals surface area (Å²) in [6.07, 6.45) is 3.91. The molecule has 162 valence electrons. The molecule has 1 fully saturated rings. The predicted molar refractivity (Wildman–Crippen MR) is 123 cm³/mol. The Labute approximate surface area is 187 Å². The lowest BCUT2D eigenvalue weighted by atomic mass is 10.00. The Bertz CT molecular complexity index is 1230. The van der Waals surface area contributed by atoms with Crippen molar-refractivity contribution in [3.8, 4) is 11.4 Å². The van der Waals surface area contributed by atoms with Crippen LogP contribution in [0.4, 0.5) is 0 Å². The molecule has 3 heterocycles. The van der Waals surface area contributed by atoms with E-state index < -0.39 is 0 Å². The van der Waals surface area contributed by atoms with Crippen molar-refractivity contribution >= 4 is 5.91 Å². The molecule has 32 heavy (non-hydrogen) atoms. The minimum Gasteiger partial charge on any atom is -0.353 e. The number of nitrogens with zero attached hydrogens (tertiary/aromatic N) is 5. The van der Waals surface area contributed by atoms with Crippen molar-refractivity contribution in [2.24, 2.45) is 0 Å². The lowest BCUT2D eigenvalue weighted by molar-refractivity contribution is -0.129. The fraction of sp³-hybridized carbons (Fsp3) is 0.240. The first kappa shape index (κ1) is 20.2. The van der Waals surface area contributed by atoms with E-state index in [1.165, 1.54) is 0 Å². The zero-order chi connectivity index (χ0) is 22.1. The number of aromatic nitrogens is 4. The molecule has 1 unspecified atom stereocenters. The van der Waals surface area contributed by atoms with E-state index >= 15 is 0 Å². The van der Waals surface area contributed by atoms with Crippen molar-refractivity contribution in [3.63, 3.8) is 0 Å². The second-order valence-corrected chi connectivity index (χ2v) is 8.12. The van der Waals surface area contributed by atoms with Gasteiger partial charge in [-0.1, -0.05) is 36.4 Å². The molecule has 0 radical (unpaired) electrons. The molecule has 1 amide bonds. The van der Waals surface area contributed by atoms with Gasteiger partial charge >= 0.3 is 0 Å². The van der Waals surface area contributed by atoms with E-state index in [-0.39, 0.29) is 11.9 Å². The van der Waals surface area contributed by atoms with Gasteiger partial charge in [0.15, 0.2) is 0 Å². The lowest BCUT2D eigenvalue weighted by Gasteiger charge is -2.35. The molecule has 0 bridgehead atoms. The maximum Gasteiger partial charge on any atom is 0.242 e. The van der Waals surface area contributed by atoms with Gasteiger partial charge in [0.2, 0.25) is 5.91 Å². The zero-order valence-corrected chi connectivity index (χ0v) is 18.3. The normalized spacial score (nSPS) is 16.8. The molecule has 1 atom stereocenters. The van der Waals surface area contributed by atoms with Crippen LogP contribution in [0.3, 0.4) is 0 Å². The van der Waals surface area contributed by atoms with Gasteiger partial charge in [0.05, 0.1) is 23.3 Å². The first-order valence-electron chi connectivity index (χ1n) is 10.8. The van der Waals surface area contributed by atoms with Crippen molar-refractivity contribution in [1.82, 2.24) is 29.8 Å². The number of hydrogen-bond acceptors (Lipinski definition) is 4. The molecule has 0 saturated carbocycles. The molecular weight excluding hydrogens is 400 g/mol. The van der Waals surface area contributed by atoms with Crippen LogP contribution < -0.4 is 5.32 Å². The molecule has 7 nitrogen and oxygen atoms in total. The molecule has 1 N–H and O–H groups in total. The van der Waals surface area contributed by atoms with Crippen molar-refractivity contribution in [2.75, 3.05) is 13.1 Å². The molecule has 2 aromatic heterocycles. The Morgan fingerprint density at radius 2 is 1.69 bits per heavy atom. The van der Waals surface area contributed by atoms with Crippen LogP contribution >= 0.6 is 0 Å². The second kappa shape index (κ2) is 8.43. The number of rotatable bonds is 5. The summed E-state index contributed by atoms with van der Waals surface area (Å²) in [5.74, 6) is 0.0190. The van der Waals surface area contributed by atoms with Crippen molar-refractivity contribution in [1.29, 1.82) is 0 Å². The van der Waals surface area contributed by atoms with E-state index in [4.69, 9.17) is 5.10 Å². The zero-order valence-electron chi connectivity index (χ0n) is 18.3. The smallest absolute Gasteiger partial charge is 0.242 e. The number of piperazine rings is 1. The Morgan fingerprint density at radius 1 is 1.00 bits per heavy atom. The third kappa shape index (κ3) is 3.71. The van der Waals surface area contributed by atoms with E-state index in [2.05, 4.69) is 15.3 Å². The number of aryl methyl sites for hydroxylation is 1. The Balaban J connectivity index is 1.46. The van der Waals surface area contributed by atoms with Crippen LogP contribution in [0.5, 0.6) is 0 Å². The quantitative estimate of drug-likeness (QED) is 0.531. The van der Waals surface area contributed by atoms with E-state index in [1.54, 1.807) is 0 Å². The largest absolute Gasteiger partial charge is 0.353 e. The number of carbonyl (C=O) groups excluding carboxylic acids is 1. The van der Waals surface area contributed by atoms with Crippen LogP contribution in [-0.4, -0.2) is 43.5 Å². The molecule has 4 aromatic rings. The molecular formula is C25H26N6O. The Kier molecular flexibility index (Phi) is 5.33. The standard InChI is InChI=1S/C25H26N6O/c1-18-23(19(2)31(28-18)22-11-7-4-8-12-22)24-25(32)26-13-14-29(24)16-20-15-27-30(17-20)21-9-5-3-6-10-21/h3-12,15,17,24H,13-14,16H2,1-2H3,(H,26,32). The number of para-hydroxylation sites is 2. The van der Waals surface area contributed by atoms with Crippen LogP contribution in [0.25, 0.3) is 11.4 Å². The van der Waals surface area contributed by atoms with E-state index in [9.17, 15) is 4.79 Å². The average molecular weight is 427 g/mol. The Morgan fingerprint density at radius 3 is 2.41 bits per heavy atom. The van der Waals surface area contributed by atoms with Crippen LogP contribution in [-0.2, 0) is 11.3 Å². The van der Waals surface area contributed by atoms with Gasteiger partial charge in [-0.3, -0.25) is 9.69 Å². The second-order valence-electron chi connectivity index (χ2n) is 8.12. The number of benzene rings is 2. The van der Waals surface area contributed by atoms with Gasteiger partial charge < -0.3 is 5.32 Å². The summed E-state index contributed by atoms with van der Waals surface area (Å²) in [5, 5.41) is 12.3. The topological polar surface area (TPSA) is 68.0 Å². The molecule has 7 heteroatoms. The lowest BCUT2D eigenvalue weighted by Crippen LogP contribution is -2.49. The molecule has 1 aliphatic heterocycles. The van der Waals surface area contributed by atoms with Crippen LogP contribution in [0, 0.1) is 13.8 Å². The highest BCUT2D eigenvalue weighted by Gasteiger charge is 2.35. The number of nitrogens with one attached hydrogen (secondary N) is 1. The van der Waals surface area contributed by atoms with Gasteiger partial charge in [-0.05, 0) is 38.1 Å². The molecule has 0 aliphatic carbocycles. The molecule has 2 aromatic carbocycles. The SMILES string of the molecule is Cc1nn(-c2ccccc2)c(C)c1C1C(=O)NCCN1Cc1cnn(-c2ccccc2)c1. The van der Waals surface area contributed by atoms with E-state index in [0.29, 0.717) is 13.1 Å². The monoisotopic (exact) mass is 426 g/mol. The minimum atomic E-state index is -0.388. The maximum atomic E-state index is 13.1. The van der Waals surface area contributed by atoms with Crippen molar-refractivity contribution in [3.05, 3.63) is 95.6 Å². The number of amides is 1. The van der Waals surface area contributed by atoms with Crippen molar-refractivity contribution < 1.29 is 4.79 Å². The summed E-state index contributed by atoms with van der Waals surface area (Å²) in [7, 11) is 0. The first-order chi connectivity index (χ1) is 15.6. The maximum absolute atomic E-state index is 13.1. The van der Waals surface area contributed by atoms with Crippen LogP contribution in [0.2, 0.25) is 0 Å².